The molecule has 0 aromatic rings. The van der Waals surface area contributed by atoms with Crippen LogP contribution in [0.25, 0.3) is 0 Å². The van der Waals surface area contributed by atoms with Gasteiger partial charge in [-0.25, -0.2) is 0 Å². The zero-order chi connectivity index (χ0) is 12.7. The summed E-state index contributed by atoms with van der Waals surface area (Å²) in [5.41, 5.74) is 5.84. The molecule has 0 saturated heterocycles. The predicted octanol–water partition coefficient (Wildman–Crippen LogP) is 2.15. The maximum Gasteiger partial charge on any atom is 0.223 e. The molecule has 100 valence electrons. The van der Waals surface area contributed by atoms with Gasteiger partial charge in [-0.1, -0.05) is 6.92 Å². The number of nitrogens with one attached hydrogen (secondary N) is 1. The highest BCUT2D eigenvalue weighted by Crippen LogP contribution is 2.23. The maximum absolute atomic E-state index is 12.0. The largest absolute Gasteiger partial charge is 0.353 e. The number of hydrogen-bond acceptors (Lipinski definition) is 3. The van der Waals surface area contributed by atoms with Crippen molar-refractivity contribution < 1.29 is 4.79 Å². The molecule has 1 amide bonds. The van der Waals surface area contributed by atoms with Gasteiger partial charge in [0.2, 0.25) is 5.91 Å². The number of nitrogens with two attached hydrogens (primary N) is 1. The van der Waals surface area contributed by atoms with Crippen molar-refractivity contribution in [3.05, 3.63) is 0 Å². The molecular weight excluding hydrogens is 232 g/mol. The van der Waals surface area contributed by atoms with Gasteiger partial charge in [0.25, 0.3) is 0 Å². The summed E-state index contributed by atoms with van der Waals surface area (Å²) in [4.78, 5) is 12.0. The molecule has 0 radical (unpaired) electrons. The van der Waals surface area contributed by atoms with Gasteiger partial charge in [-0.15, -0.1) is 0 Å². The normalized spacial score (nSPS) is 26.5. The fourth-order valence-electron chi connectivity index (χ4n) is 2.22. The van der Waals surface area contributed by atoms with Crippen LogP contribution in [0.2, 0.25) is 0 Å². The molecule has 1 fully saturated rings. The van der Waals surface area contributed by atoms with Gasteiger partial charge in [0.1, 0.15) is 0 Å². The summed E-state index contributed by atoms with van der Waals surface area (Å²) in [6.07, 6.45) is 4.99. The summed E-state index contributed by atoms with van der Waals surface area (Å²) in [7, 11) is 0. The molecule has 1 unspecified atom stereocenters. The van der Waals surface area contributed by atoms with Crippen LogP contribution in [0.1, 0.15) is 46.0 Å². The van der Waals surface area contributed by atoms with Crippen LogP contribution < -0.4 is 11.1 Å². The van der Waals surface area contributed by atoms with Gasteiger partial charge in [-0.3, -0.25) is 4.79 Å². The number of carbonyl (C=O) groups excluding carboxylic acids is 1. The molecule has 0 spiro atoms. The van der Waals surface area contributed by atoms with Gasteiger partial charge in [0.05, 0.1) is 0 Å². The van der Waals surface area contributed by atoms with Gasteiger partial charge in [-0.2, -0.15) is 11.8 Å². The molecule has 4 heteroatoms. The summed E-state index contributed by atoms with van der Waals surface area (Å²) in [5.74, 6) is 2.73. The Morgan fingerprint density at radius 1 is 1.41 bits per heavy atom. The molecule has 1 atom stereocenters. The van der Waals surface area contributed by atoms with Crippen LogP contribution in [0.5, 0.6) is 0 Å². The SMILES string of the molecule is CCSCCC(C)NC(=O)C1CCC(N)CC1. The Hall–Kier alpha value is -0.220. The minimum atomic E-state index is 0.205. The fourth-order valence-corrected chi connectivity index (χ4v) is 3.03. The van der Waals surface area contributed by atoms with E-state index in [0.29, 0.717) is 12.1 Å². The molecule has 0 aliphatic heterocycles. The van der Waals surface area contributed by atoms with E-state index < -0.39 is 0 Å². The predicted molar refractivity (Wildman–Crippen MR) is 75.2 cm³/mol. The van der Waals surface area contributed by atoms with Gasteiger partial charge in [-0.05, 0) is 50.5 Å². The van der Waals surface area contributed by atoms with E-state index in [1.807, 2.05) is 11.8 Å². The molecule has 17 heavy (non-hydrogen) atoms. The van der Waals surface area contributed by atoms with Crippen LogP contribution in [0.4, 0.5) is 0 Å². The highest BCUT2D eigenvalue weighted by Gasteiger charge is 2.25. The van der Waals surface area contributed by atoms with Crippen molar-refractivity contribution in [2.75, 3.05) is 11.5 Å². The van der Waals surface area contributed by atoms with E-state index in [9.17, 15) is 4.79 Å². The quantitative estimate of drug-likeness (QED) is 0.718. The minimum Gasteiger partial charge on any atom is -0.353 e. The lowest BCUT2D eigenvalue weighted by Gasteiger charge is -2.26. The number of hydrogen-bond donors (Lipinski definition) is 2. The van der Waals surface area contributed by atoms with Crippen LogP contribution in [-0.2, 0) is 4.79 Å². The summed E-state index contributed by atoms with van der Waals surface area (Å²) < 4.78 is 0. The highest BCUT2D eigenvalue weighted by molar-refractivity contribution is 7.99. The first-order chi connectivity index (χ1) is 8.13. The van der Waals surface area contributed by atoms with E-state index in [0.717, 1.165) is 43.6 Å². The van der Waals surface area contributed by atoms with Gasteiger partial charge < -0.3 is 11.1 Å². The number of rotatable bonds is 6. The summed E-state index contributed by atoms with van der Waals surface area (Å²) in [5, 5.41) is 3.13. The topological polar surface area (TPSA) is 55.1 Å². The number of thioether (sulfide) groups is 1. The second kappa shape index (κ2) is 7.98. The van der Waals surface area contributed by atoms with Crippen molar-refractivity contribution in [3.8, 4) is 0 Å². The lowest BCUT2D eigenvalue weighted by molar-refractivity contribution is -0.126. The minimum absolute atomic E-state index is 0.205. The fraction of sp³-hybridized carbons (Fsp3) is 0.923. The van der Waals surface area contributed by atoms with Crippen molar-refractivity contribution >= 4 is 17.7 Å². The molecule has 1 rings (SSSR count). The van der Waals surface area contributed by atoms with E-state index in [1.54, 1.807) is 0 Å². The molecule has 1 saturated carbocycles. The van der Waals surface area contributed by atoms with Crippen LogP contribution in [0.15, 0.2) is 0 Å². The summed E-state index contributed by atoms with van der Waals surface area (Å²) in [6, 6.07) is 0.620. The zero-order valence-electron chi connectivity index (χ0n) is 11.1. The van der Waals surface area contributed by atoms with Crippen molar-refractivity contribution in [2.45, 2.75) is 58.0 Å². The molecule has 0 aromatic heterocycles. The first-order valence-corrected chi connectivity index (χ1v) is 7.92. The molecule has 3 nitrogen and oxygen atoms in total. The highest BCUT2D eigenvalue weighted by atomic mass is 32.2. The van der Waals surface area contributed by atoms with Crippen LogP contribution in [0, 0.1) is 5.92 Å². The molecule has 1 aliphatic rings. The van der Waals surface area contributed by atoms with Crippen LogP contribution >= 0.6 is 11.8 Å². The van der Waals surface area contributed by atoms with Gasteiger partial charge in [0.15, 0.2) is 0 Å². The Morgan fingerprint density at radius 3 is 2.65 bits per heavy atom. The molecule has 0 heterocycles. The first kappa shape index (κ1) is 14.8. The van der Waals surface area contributed by atoms with E-state index >= 15 is 0 Å². The molecule has 0 bridgehead atoms. The third kappa shape index (κ3) is 5.77. The van der Waals surface area contributed by atoms with Crippen molar-refractivity contribution in [3.63, 3.8) is 0 Å². The lowest BCUT2D eigenvalue weighted by Crippen LogP contribution is -2.40. The van der Waals surface area contributed by atoms with Crippen molar-refractivity contribution in [1.82, 2.24) is 5.32 Å². The lowest BCUT2D eigenvalue weighted by atomic mass is 9.86. The monoisotopic (exact) mass is 258 g/mol. The molecular formula is C13H26N2OS. The number of amides is 1. The Morgan fingerprint density at radius 2 is 2.06 bits per heavy atom. The van der Waals surface area contributed by atoms with Crippen molar-refractivity contribution in [2.24, 2.45) is 11.7 Å². The third-order valence-corrected chi connectivity index (χ3v) is 4.36. The Bertz CT molecular complexity index is 227. The van der Waals surface area contributed by atoms with E-state index in [2.05, 4.69) is 19.2 Å². The van der Waals surface area contributed by atoms with E-state index in [4.69, 9.17) is 5.73 Å². The van der Waals surface area contributed by atoms with Gasteiger partial charge >= 0.3 is 0 Å². The van der Waals surface area contributed by atoms with E-state index in [-0.39, 0.29) is 11.8 Å². The molecule has 1 aliphatic carbocycles. The zero-order valence-corrected chi connectivity index (χ0v) is 11.9. The Kier molecular flexibility index (Phi) is 6.97. The third-order valence-electron chi connectivity index (χ3n) is 3.43. The maximum atomic E-state index is 12.0. The van der Waals surface area contributed by atoms with Crippen molar-refractivity contribution in [1.29, 1.82) is 0 Å². The second-order valence-corrected chi connectivity index (χ2v) is 6.40. The molecule has 3 N–H and O–H groups in total. The molecule has 0 aromatic carbocycles. The average molecular weight is 258 g/mol. The average Bonchev–Trinajstić information content (AvgIpc) is 2.30. The second-order valence-electron chi connectivity index (χ2n) is 5.01. The summed E-state index contributed by atoms with van der Waals surface area (Å²) in [6.45, 7) is 4.27. The Labute approximate surface area is 109 Å². The van der Waals surface area contributed by atoms with Gasteiger partial charge in [0, 0.05) is 18.0 Å². The summed E-state index contributed by atoms with van der Waals surface area (Å²) >= 11 is 1.93. The first-order valence-electron chi connectivity index (χ1n) is 6.77. The Balaban J connectivity index is 2.19. The van der Waals surface area contributed by atoms with Crippen LogP contribution in [0.3, 0.4) is 0 Å². The van der Waals surface area contributed by atoms with Crippen LogP contribution in [-0.4, -0.2) is 29.5 Å². The smallest absolute Gasteiger partial charge is 0.223 e. The van der Waals surface area contributed by atoms with E-state index in [1.165, 1.54) is 0 Å². The number of carbonyl (C=O) groups is 1. The standard InChI is InChI=1S/C13H26N2OS/c1-3-17-9-8-10(2)15-13(16)11-4-6-12(14)7-5-11/h10-12H,3-9,14H2,1-2H3,(H,15,16).